The number of fused-ring (bicyclic) bond motifs is 1. The van der Waals surface area contributed by atoms with Gasteiger partial charge in [-0.2, -0.15) is 0 Å². The molecule has 0 aliphatic carbocycles. The number of rotatable bonds is 5. The van der Waals surface area contributed by atoms with Crippen LogP contribution in [0.3, 0.4) is 0 Å². The third kappa shape index (κ3) is 3.40. The minimum atomic E-state index is -0.538. The maximum absolute atomic E-state index is 12.5. The fraction of sp³-hybridized carbons (Fsp3) is 0.263. The second kappa shape index (κ2) is 6.74. The van der Waals surface area contributed by atoms with Crippen molar-refractivity contribution in [1.29, 1.82) is 0 Å². The fourth-order valence-electron chi connectivity index (χ4n) is 2.64. The minimum absolute atomic E-state index is 0.156. The summed E-state index contributed by atoms with van der Waals surface area (Å²) in [4.78, 5) is 19.7. The lowest BCUT2D eigenvalue weighted by Crippen LogP contribution is -2.32. The fourth-order valence-corrected chi connectivity index (χ4v) is 2.64. The first kappa shape index (κ1) is 16.1. The first-order chi connectivity index (χ1) is 11.6. The summed E-state index contributed by atoms with van der Waals surface area (Å²) < 4.78 is 5.92. The summed E-state index contributed by atoms with van der Waals surface area (Å²) in [5.41, 5.74) is 4.67. The van der Waals surface area contributed by atoms with E-state index in [0.29, 0.717) is 6.42 Å². The monoisotopic (exact) mass is 323 g/mol. The molecule has 1 amide bonds. The average molecular weight is 323 g/mol. The van der Waals surface area contributed by atoms with Gasteiger partial charge in [0.2, 0.25) is 0 Å². The topological polar surface area (TPSA) is 67.0 Å². The van der Waals surface area contributed by atoms with Crippen molar-refractivity contribution in [2.45, 2.75) is 33.3 Å². The third-order valence-corrected chi connectivity index (χ3v) is 3.95. The summed E-state index contributed by atoms with van der Waals surface area (Å²) in [6.07, 6.45) is 1.68. The molecule has 0 aliphatic heterocycles. The van der Waals surface area contributed by atoms with Gasteiger partial charge in [-0.15, -0.1) is 0 Å². The van der Waals surface area contributed by atoms with E-state index in [-0.39, 0.29) is 5.91 Å². The number of aromatic amines is 1. The summed E-state index contributed by atoms with van der Waals surface area (Å²) in [6.45, 7) is 5.96. The van der Waals surface area contributed by atoms with E-state index in [1.807, 2.05) is 57.2 Å². The maximum Gasteiger partial charge on any atom is 0.265 e. The first-order valence-electron chi connectivity index (χ1n) is 8.04. The molecular weight excluding hydrogens is 302 g/mol. The van der Waals surface area contributed by atoms with Crippen LogP contribution in [0.4, 0.5) is 5.69 Å². The van der Waals surface area contributed by atoms with E-state index in [9.17, 15) is 4.79 Å². The summed E-state index contributed by atoms with van der Waals surface area (Å²) in [5.74, 6) is 0.586. The Morgan fingerprint density at radius 2 is 2.08 bits per heavy atom. The first-order valence-corrected chi connectivity index (χ1v) is 8.04. The van der Waals surface area contributed by atoms with Crippen molar-refractivity contribution in [3.63, 3.8) is 0 Å². The van der Waals surface area contributed by atoms with Crippen molar-refractivity contribution in [3.8, 4) is 5.75 Å². The van der Waals surface area contributed by atoms with Crippen molar-refractivity contribution in [2.75, 3.05) is 5.32 Å². The summed E-state index contributed by atoms with van der Waals surface area (Å²) in [5, 5.41) is 2.91. The van der Waals surface area contributed by atoms with Gasteiger partial charge in [0.05, 0.1) is 17.4 Å². The lowest BCUT2D eigenvalue weighted by atomic mass is 10.1. The number of nitrogens with one attached hydrogen (secondary N) is 2. The van der Waals surface area contributed by atoms with Crippen molar-refractivity contribution < 1.29 is 9.53 Å². The van der Waals surface area contributed by atoms with Crippen LogP contribution in [0.1, 0.15) is 24.5 Å². The van der Waals surface area contributed by atoms with Crippen LogP contribution in [-0.2, 0) is 4.79 Å². The molecule has 0 saturated carbocycles. The molecule has 1 unspecified atom stereocenters. The Hall–Kier alpha value is -2.82. The molecule has 3 aromatic rings. The molecule has 0 aliphatic rings. The molecule has 1 atom stereocenters. The van der Waals surface area contributed by atoms with Crippen LogP contribution < -0.4 is 10.1 Å². The number of amides is 1. The van der Waals surface area contributed by atoms with E-state index in [4.69, 9.17) is 4.74 Å². The molecule has 0 radical (unpaired) electrons. The second-order valence-corrected chi connectivity index (χ2v) is 5.91. The standard InChI is InChI=1S/C19H21N3O2/c1-4-17(24-18-8-5-12(2)9-13(18)3)19(23)22-14-6-7-15-16(10-14)21-11-20-15/h5-11,17H,4H2,1-3H3,(H,20,21)(H,22,23). The number of aryl methyl sites for hydroxylation is 2. The molecule has 2 N–H and O–H groups in total. The predicted molar refractivity (Wildman–Crippen MR) is 95.3 cm³/mol. The van der Waals surface area contributed by atoms with E-state index in [0.717, 1.165) is 28.0 Å². The lowest BCUT2D eigenvalue weighted by molar-refractivity contribution is -0.122. The molecule has 24 heavy (non-hydrogen) atoms. The highest BCUT2D eigenvalue weighted by molar-refractivity contribution is 5.96. The Labute approximate surface area is 141 Å². The van der Waals surface area contributed by atoms with Crippen LogP contribution in [0.2, 0.25) is 0 Å². The SMILES string of the molecule is CCC(Oc1ccc(C)cc1C)C(=O)Nc1ccc2nc[nH]c2c1. The van der Waals surface area contributed by atoms with Gasteiger partial charge in [-0.25, -0.2) is 4.98 Å². The number of anilines is 1. The molecule has 124 valence electrons. The normalized spacial score (nSPS) is 12.1. The minimum Gasteiger partial charge on any atom is -0.480 e. The molecule has 5 nitrogen and oxygen atoms in total. The summed E-state index contributed by atoms with van der Waals surface area (Å²) in [6, 6.07) is 11.5. The highest BCUT2D eigenvalue weighted by Gasteiger charge is 2.19. The Morgan fingerprint density at radius 1 is 1.25 bits per heavy atom. The molecule has 1 heterocycles. The quantitative estimate of drug-likeness (QED) is 0.746. The zero-order valence-corrected chi connectivity index (χ0v) is 14.1. The van der Waals surface area contributed by atoms with Gasteiger partial charge in [-0.3, -0.25) is 4.79 Å². The van der Waals surface area contributed by atoms with Crippen LogP contribution >= 0.6 is 0 Å². The van der Waals surface area contributed by atoms with Crippen molar-refractivity contribution in [1.82, 2.24) is 9.97 Å². The molecule has 0 fully saturated rings. The Kier molecular flexibility index (Phi) is 4.51. The number of H-pyrrole nitrogens is 1. The van der Waals surface area contributed by atoms with E-state index in [1.54, 1.807) is 6.33 Å². The number of ether oxygens (including phenoxy) is 1. The number of aromatic nitrogens is 2. The number of imidazole rings is 1. The smallest absolute Gasteiger partial charge is 0.265 e. The van der Waals surface area contributed by atoms with Gasteiger partial charge in [0.15, 0.2) is 6.10 Å². The Bertz CT molecular complexity index is 870. The zero-order chi connectivity index (χ0) is 17.1. The van der Waals surface area contributed by atoms with Crippen LogP contribution in [0.15, 0.2) is 42.7 Å². The number of benzene rings is 2. The number of hydrogen-bond acceptors (Lipinski definition) is 3. The van der Waals surface area contributed by atoms with Crippen LogP contribution in [0.25, 0.3) is 11.0 Å². The number of hydrogen-bond donors (Lipinski definition) is 2. The lowest BCUT2D eigenvalue weighted by Gasteiger charge is -2.19. The van der Waals surface area contributed by atoms with E-state index < -0.39 is 6.10 Å². The van der Waals surface area contributed by atoms with Gasteiger partial charge < -0.3 is 15.0 Å². The molecule has 2 aromatic carbocycles. The Morgan fingerprint density at radius 3 is 2.83 bits per heavy atom. The molecule has 0 saturated heterocycles. The number of carbonyl (C=O) groups excluding carboxylic acids is 1. The highest BCUT2D eigenvalue weighted by atomic mass is 16.5. The van der Waals surface area contributed by atoms with Crippen molar-refractivity contribution in [3.05, 3.63) is 53.9 Å². The molecule has 0 bridgehead atoms. The number of nitrogens with zero attached hydrogens (tertiary/aromatic N) is 1. The van der Waals surface area contributed by atoms with E-state index in [2.05, 4.69) is 15.3 Å². The molecule has 3 rings (SSSR count). The highest BCUT2D eigenvalue weighted by Crippen LogP contribution is 2.22. The molecule has 0 spiro atoms. The van der Waals surface area contributed by atoms with Gasteiger partial charge in [0, 0.05) is 5.69 Å². The largest absolute Gasteiger partial charge is 0.480 e. The third-order valence-electron chi connectivity index (χ3n) is 3.95. The van der Waals surface area contributed by atoms with Crippen LogP contribution in [0.5, 0.6) is 5.75 Å². The van der Waals surface area contributed by atoms with Crippen LogP contribution in [-0.4, -0.2) is 22.0 Å². The molecule has 1 aromatic heterocycles. The summed E-state index contributed by atoms with van der Waals surface area (Å²) >= 11 is 0. The van der Waals surface area contributed by atoms with Gasteiger partial charge in [-0.05, 0) is 50.1 Å². The van der Waals surface area contributed by atoms with Crippen LogP contribution in [0, 0.1) is 13.8 Å². The Balaban J connectivity index is 1.73. The summed E-state index contributed by atoms with van der Waals surface area (Å²) in [7, 11) is 0. The second-order valence-electron chi connectivity index (χ2n) is 5.91. The molecule has 5 heteroatoms. The van der Waals surface area contributed by atoms with Gasteiger partial charge in [0.1, 0.15) is 5.75 Å². The molecular formula is C19H21N3O2. The van der Waals surface area contributed by atoms with Gasteiger partial charge in [0.25, 0.3) is 5.91 Å². The zero-order valence-electron chi connectivity index (χ0n) is 14.1. The van der Waals surface area contributed by atoms with Crippen molar-refractivity contribution in [2.24, 2.45) is 0 Å². The predicted octanol–water partition coefficient (Wildman–Crippen LogP) is 3.98. The maximum atomic E-state index is 12.5. The average Bonchev–Trinajstić information content (AvgIpc) is 3.01. The van der Waals surface area contributed by atoms with Crippen molar-refractivity contribution >= 4 is 22.6 Å². The van der Waals surface area contributed by atoms with Gasteiger partial charge >= 0.3 is 0 Å². The van der Waals surface area contributed by atoms with E-state index >= 15 is 0 Å². The number of carbonyl (C=O) groups is 1. The van der Waals surface area contributed by atoms with Gasteiger partial charge in [-0.1, -0.05) is 24.6 Å². The van der Waals surface area contributed by atoms with E-state index in [1.165, 1.54) is 5.56 Å².